The van der Waals surface area contributed by atoms with Crippen LogP contribution in [0, 0.1) is 11.6 Å². The number of rotatable bonds is 8. The minimum atomic E-state index is -2.66. The van der Waals surface area contributed by atoms with Gasteiger partial charge in [0.1, 0.15) is 11.6 Å². The Hall–Kier alpha value is -1.09. The average molecular weight is 309 g/mol. The number of aryl methyl sites for hydroxylation is 1. The maximum atomic E-state index is 14.2. The lowest BCUT2D eigenvalue weighted by molar-refractivity contribution is -0.109. The van der Waals surface area contributed by atoms with Gasteiger partial charge in [-0.25, -0.2) is 21.9 Å². The van der Waals surface area contributed by atoms with Gasteiger partial charge < -0.3 is 9.47 Å². The highest BCUT2D eigenvalue weighted by molar-refractivity contribution is 7.70. The second-order valence-corrected chi connectivity index (χ2v) is 4.84. The molecule has 0 atom stereocenters. The van der Waals surface area contributed by atoms with Crippen molar-refractivity contribution in [3.8, 4) is 0 Å². The van der Waals surface area contributed by atoms with Gasteiger partial charge in [0.05, 0.1) is 5.56 Å². The first kappa shape index (κ1) is 17.0. The van der Waals surface area contributed by atoms with Crippen LogP contribution in [0.4, 0.5) is 8.78 Å². The van der Waals surface area contributed by atoms with Crippen molar-refractivity contribution in [3.63, 3.8) is 0 Å². The van der Waals surface area contributed by atoms with Crippen molar-refractivity contribution in [2.45, 2.75) is 19.1 Å². The molecule has 0 aromatic heterocycles. The molecule has 0 aliphatic rings. The lowest BCUT2D eigenvalue weighted by Crippen LogP contribution is -2.14. The first-order chi connectivity index (χ1) is 9.51. The lowest BCUT2D eigenvalue weighted by atomic mass is 10.0. The third-order valence-electron chi connectivity index (χ3n) is 2.73. The van der Waals surface area contributed by atoms with Crippen LogP contribution < -0.4 is 4.72 Å². The molecule has 20 heavy (non-hydrogen) atoms. The molecule has 0 fully saturated rings. The molecule has 114 valence electrons. The zero-order valence-corrected chi connectivity index (χ0v) is 12.1. The van der Waals surface area contributed by atoms with Crippen molar-refractivity contribution in [2.24, 2.45) is 0 Å². The summed E-state index contributed by atoms with van der Waals surface area (Å²) in [5.74, 6) is -1.48. The Balaban J connectivity index is 2.85. The second kappa shape index (κ2) is 8.25. The standard InChI is InChI=1S/C12H17F2NO4S/c1-18-12(19-2)10-9(13)6-5-8(11(10)14)4-3-7-15-20(16)17/h5-6,12,20H,3-4,7H2,1-2H3,(H,15,16,17). The van der Waals surface area contributed by atoms with Crippen molar-refractivity contribution in [1.29, 1.82) is 0 Å². The predicted octanol–water partition coefficient (Wildman–Crippen LogP) is 1.30. The van der Waals surface area contributed by atoms with E-state index in [0.29, 0.717) is 6.42 Å². The van der Waals surface area contributed by atoms with E-state index in [9.17, 15) is 17.2 Å². The molecule has 0 bridgehead atoms. The molecule has 0 saturated carbocycles. The molecular formula is C12H17F2NO4S. The largest absolute Gasteiger partial charge is 0.351 e. The Morgan fingerprint density at radius 2 is 1.90 bits per heavy atom. The van der Waals surface area contributed by atoms with Crippen LogP contribution in [0.3, 0.4) is 0 Å². The Morgan fingerprint density at radius 3 is 2.45 bits per heavy atom. The third kappa shape index (κ3) is 4.48. The number of methoxy groups -OCH3 is 2. The normalized spacial score (nSPS) is 11.5. The van der Waals surface area contributed by atoms with Gasteiger partial charge in [0.2, 0.25) is 10.9 Å². The Bertz CT molecular complexity index is 510. The Morgan fingerprint density at radius 1 is 1.25 bits per heavy atom. The highest BCUT2D eigenvalue weighted by Crippen LogP contribution is 2.26. The van der Waals surface area contributed by atoms with E-state index in [1.165, 1.54) is 20.3 Å². The minimum Gasteiger partial charge on any atom is -0.351 e. The van der Waals surface area contributed by atoms with Gasteiger partial charge in [0, 0.05) is 20.8 Å². The number of halogens is 2. The summed E-state index contributed by atoms with van der Waals surface area (Å²) in [5.41, 5.74) is -0.00112. The van der Waals surface area contributed by atoms with Gasteiger partial charge in [-0.1, -0.05) is 6.07 Å². The van der Waals surface area contributed by atoms with Gasteiger partial charge in [-0.2, -0.15) is 0 Å². The molecule has 5 nitrogen and oxygen atoms in total. The Labute approximate surface area is 118 Å². The summed E-state index contributed by atoms with van der Waals surface area (Å²) >= 11 is 0. The molecule has 1 aromatic carbocycles. The zero-order chi connectivity index (χ0) is 15.1. The van der Waals surface area contributed by atoms with Crippen LogP contribution in [-0.4, -0.2) is 29.2 Å². The van der Waals surface area contributed by atoms with Crippen LogP contribution in [0.2, 0.25) is 0 Å². The van der Waals surface area contributed by atoms with E-state index in [-0.39, 0.29) is 24.1 Å². The van der Waals surface area contributed by atoms with Crippen LogP contribution in [0.5, 0.6) is 0 Å². The monoisotopic (exact) mass is 309 g/mol. The van der Waals surface area contributed by atoms with Crippen LogP contribution in [0.15, 0.2) is 12.1 Å². The summed E-state index contributed by atoms with van der Waals surface area (Å²) in [6.45, 7) is 0.197. The number of benzene rings is 1. The van der Waals surface area contributed by atoms with Crippen molar-refractivity contribution in [3.05, 3.63) is 34.9 Å². The van der Waals surface area contributed by atoms with Crippen LogP contribution in [0.25, 0.3) is 0 Å². The first-order valence-corrected chi connectivity index (χ1v) is 7.09. The molecule has 0 aliphatic carbocycles. The van der Waals surface area contributed by atoms with Crippen molar-refractivity contribution >= 4 is 10.9 Å². The number of hydrogen-bond acceptors (Lipinski definition) is 4. The molecule has 1 rings (SSSR count). The maximum absolute atomic E-state index is 14.2. The third-order valence-corrected chi connectivity index (χ3v) is 3.22. The van der Waals surface area contributed by atoms with Crippen LogP contribution >= 0.6 is 0 Å². The summed E-state index contributed by atoms with van der Waals surface area (Å²) < 4.78 is 60.4. The maximum Gasteiger partial charge on any atom is 0.201 e. The van der Waals surface area contributed by atoms with Gasteiger partial charge in [-0.15, -0.1) is 0 Å². The van der Waals surface area contributed by atoms with E-state index in [0.717, 1.165) is 6.07 Å². The fourth-order valence-corrected chi connectivity index (χ4v) is 2.15. The number of hydrogen-bond donors (Lipinski definition) is 2. The SMILES string of the molecule is COC(OC)c1c(F)ccc(CCCN[SH](=O)=O)c1F. The molecule has 0 saturated heterocycles. The predicted molar refractivity (Wildman–Crippen MR) is 69.8 cm³/mol. The van der Waals surface area contributed by atoms with Gasteiger partial charge >= 0.3 is 0 Å². The van der Waals surface area contributed by atoms with E-state index in [1.807, 2.05) is 0 Å². The lowest BCUT2D eigenvalue weighted by Gasteiger charge is -2.17. The van der Waals surface area contributed by atoms with Crippen molar-refractivity contribution < 1.29 is 26.7 Å². The molecule has 0 heterocycles. The molecule has 1 aromatic rings. The molecule has 0 spiro atoms. The second-order valence-electron chi connectivity index (χ2n) is 4.01. The number of ether oxygens (including phenoxy) is 2. The summed E-state index contributed by atoms with van der Waals surface area (Å²) in [6, 6.07) is 2.47. The topological polar surface area (TPSA) is 64.6 Å². The summed E-state index contributed by atoms with van der Waals surface area (Å²) in [6.07, 6.45) is -0.449. The molecule has 8 heteroatoms. The van der Waals surface area contributed by atoms with E-state index < -0.39 is 28.8 Å². The van der Waals surface area contributed by atoms with E-state index in [1.54, 1.807) is 0 Å². The number of thiol groups is 1. The smallest absolute Gasteiger partial charge is 0.201 e. The molecule has 1 N–H and O–H groups in total. The van der Waals surface area contributed by atoms with E-state index in [4.69, 9.17) is 9.47 Å². The molecular weight excluding hydrogens is 292 g/mol. The summed E-state index contributed by atoms with van der Waals surface area (Å²) in [4.78, 5) is 0. The quantitative estimate of drug-likeness (QED) is 0.432. The van der Waals surface area contributed by atoms with Gasteiger partial charge in [0.25, 0.3) is 0 Å². The zero-order valence-electron chi connectivity index (χ0n) is 11.2. The molecule has 0 unspecified atom stereocenters. The summed E-state index contributed by atoms with van der Waals surface area (Å²) in [7, 11) is -0.0871. The first-order valence-electron chi connectivity index (χ1n) is 5.91. The molecule has 0 amide bonds. The summed E-state index contributed by atoms with van der Waals surface area (Å²) in [5, 5.41) is 0. The fourth-order valence-electron chi connectivity index (χ4n) is 1.80. The van der Waals surface area contributed by atoms with Crippen molar-refractivity contribution in [2.75, 3.05) is 20.8 Å². The van der Waals surface area contributed by atoms with Gasteiger partial charge in [0.15, 0.2) is 6.29 Å². The van der Waals surface area contributed by atoms with E-state index in [2.05, 4.69) is 4.72 Å². The molecule has 0 aliphatic heterocycles. The average Bonchev–Trinajstić information content (AvgIpc) is 2.41. The molecule has 0 radical (unpaired) electrons. The number of nitrogens with one attached hydrogen (secondary N) is 1. The Kier molecular flexibility index (Phi) is 7.00. The fraction of sp³-hybridized carbons (Fsp3) is 0.500. The van der Waals surface area contributed by atoms with Crippen molar-refractivity contribution in [1.82, 2.24) is 4.72 Å². The highest BCUT2D eigenvalue weighted by atomic mass is 32.2. The van der Waals surface area contributed by atoms with Gasteiger partial charge in [-0.3, -0.25) is 0 Å². The van der Waals surface area contributed by atoms with Crippen LogP contribution in [0.1, 0.15) is 23.8 Å². The van der Waals surface area contributed by atoms with Crippen LogP contribution in [-0.2, 0) is 26.8 Å². The highest BCUT2D eigenvalue weighted by Gasteiger charge is 2.21. The van der Waals surface area contributed by atoms with Gasteiger partial charge in [-0.05, 0) is 24.5 Å². The minimum absolute atomic E-state index is 0.197. The van der Waals surface area contributed by atoms with E-state index >= 15 is 0 Å².